The SMILES string of the molecule is C1=CC=C2CCCCC3=CCNCC23C=C1. The standard InChI is InChI=1S/C15H19N/c1-2-6-13-7-3-4-8-14-9-11-16-12-15(13,14)10-5-1/h1-2,5-6,9-10,16H,3-4,7-8,11-12H2. The van der Waals surface area contributed by atoms with Gasteiger partial charge in [-0.1, -0.05) is 47.6 Å². The Hall–Kier alpha value is -1.08. The average Bonchev–Trinajstić information content (AvgIpc) is 2.59. The van der Waals surface area contributed by atoms with E-state index in [0.29, 0.717) is 0 Å². The minimum atomic E-state index is 0.207. The molecule has 1 fully saturated rings. The topological polar surface area (TPSA) is 12.0 Å². The van der Waals surface area contributed by atoms with Crippen LogP contribution in [0.1, 0.15) is 25.7 Å². The fourth-order valence-corrected chi connectivity index (χ4v) is 3.22. The van der Waals surface area contributed by atoms with Crippen LogP contribution >= 0.6 is 0 Å². The number of rotatable bonds is 0. The van der Waals surface area contributed by atoms with E-state index in [2.05, 4.69) is 41.8 Å². The van der Waals surface area contributed by atoms with Gasteiger partial charge >= 0.3 is 0 Å². The van der Waals surface area contributed by atoms with E-state index >= 15 is 0 Å². The quantitative estimate of drug-likeness (QED) is 0.610. The van der Waals surface area contributed by atoms with Crippen molar-refractivity contribution in [2.45, 2.75) is 25.7 Å². The summed E-state index contributed by atoms with van der Waals surface area (Å²) in [6.45, 7) is 2.13. The van der Waals surface area contributed by atoms with Crippen LogP contribution in [0.15, 0.2) is 47.6 Å². The molecular formula is C15H19N. The van der Waals surface area contributed by atoms with E-state index in [1.807, 2.05) is 0 Å². The number of nitrogens with one attached hydrogen (secondary N) is 1. The van der Waals surface area contributed by atoms with E-state index in [0.717, 1.165) is 13.1 Å². The first-order valence-corrected chi connectivity index (χ1v) is 6.38. The second kappa shape index (κ2) is 4.06. The van der Waals surface area contributed by atoms with Gasteiger partial charge in [-0.3, -0.25) is 0 Å². The Kier molecular flexibility index (Phi) is 2.56. The van der Waals surface area contributed by atoms with Crippen LogP contribution in [0.5, 0.6) is 0 Å². The van der Waals surface area contributed by atoms with Crippen molar-refractivity contribution in [1.82, 2.24) is 5.32 Å². The summed E-state index contributed by atoms with van der Waals surface area (Å²) in [6.07, 6.45) is 19.0. The number of hydrogen-bond acceptors (Lipinski definition) is 1. The first kappa shape index (κ1) is 10.1. The van der Waals surface area contributed by atoms with Gasteiger partial charge in [0, 0.05) is 18.5 Å². The molecule has 0 amide bonds. The zero-order chi connectivity index (χ0) is 10.8. The average molecular weight is 213 g/mol. The number of allylic oxidation sites excluding steroid dienone is 4. The summed E-state index contributed by atoms with van der Waals surface area (Å²) < 4.78 is 0. The molecule has 84 valence electrons. The van der Waals surface area contributed by atoms with Crippen LogP contribution in [0.25, 0.3) is 0 Å². The molecule has 3 aliphatic rings. The lowest BCUT2D eigenvalue weighted by Crippen LogP contribution is -2.39. The van der Waals surface area contributed by atoms with Gasteiger partial charge in [-0.05, 0) is 25.7 Å². The van der Waals surface area contributed by atoms with Gasteiger partial charge in [0.2, 0.25) is 0 Å². The van der Waals surface area contributed by atoms with Gasteiger partial charge in [0.1, 0.15) is 0 Å². The minimum Gasteiger partial charge on any atom is -0.312 e. The van der Waals surface area contributed by atoms with Crippen molar-refractivity contribution >= 4 is 0 Å². The molecule has 1 aliphatic heterocycles. The predicted octanol–water partition coefficient (Wildman–Crippen LogP) is 3.13. The van der Waals surface area contributed by atoms with E-state index in [1.54, 1.807) is 11.1 Å². The summed E-state index contributed by atoms with van der Waals surface area (Å²) in [5, 5.41) is 3.53. The predicted molar refractivity (Wildman–Crippen MR) is 68.2 cm³/mol. The molecule has 0 aromatic heterocycles. The molecule has 1 spiro atoms. The Labute approximate surface area is 97.6 Å². The summed E-state index contributed by atoms with van der Waals surface area (Å²) in [6, 6.07) is 0. The fourth-order valence-electron chi connectivity index (χ4n) is 3.22. The fraction of sp³-hybridized carbons (Fsp3) is 0.467. The maximum atomic E-state index is 3.53. The molecule has 0 aromatic carbocycles. The van der Waals surface area contributed by atoms with Gasteiger partial charge in [-0.25, -0.2) is 0 Å². The Morgan fingerprint density at radius 3 is 2.81 bits per heavy atom. The second-order valence-corrected chi connectivity index (χ2v) is 4.97. The van der Waals surface area contributed by atoms with Gasteiger partial charge in [0.15, 0.2) is 0 Å². The normalized spacial score (nSPS) is 33.0. The van der Waals surface area contributed by atoms with Crippen molar-refractivity contribution in [2.75, 3.05) is 13.1 Å². The van der Waals surface area contributed by atoms with Crippen LogP contribution in [0.4, 0.5) is 0 Å². The van der Waals surface area contributed by atoms with Crippen molar-refractivity contribution in [1.29, 1.82) is 0 Å². The minimum absolute atomic E-state index is 0.207. The molecule has 3 rings (SSSR count). The van der Waals surface area contributed by atoms with Gasteiger partial charge in [-0.2, -0.15) is 0 Å². The van der Waals surface area contributed by atoms with E-state index in [4.69, 9.17) is 0 Å². The summed E-state index contributed by atoms with van der Waals surface area (Å²) in [4.78, 5) is 0. The van der Waals surface area contributed by atoms with Crippen molar-refractivity contribution < 1.29 is 0 Å². The molecule has 16 heavy (non-hydrogen) atoms. The van der Waals surface area contributed by atoms with Crippen molar-refractivity contribution in [3.63, 3.8) is 0 Å². The third-order valence-electron chi connectivity index (χ3n) is 4.09. The van der Waals surface area contributed by atoms with Crippen LogP contribution < -0.4 is 5.32 Å². The van der Waals surface area contributed by atoms with E-state index < -0.39 is 0 Å². The third kappa shape index (κ3) is 1.51. The summed E-state index contributed by atoms with van der Waals surface area (Å²) in [5.74, 6) is 0. The Balaban J connectivity index is 2.12. The molecule has 0 saturated heterocycles. The summed E-state index contributed by atoms with van der Waals surface area (Å²) in [5.41, 5.74) is 3.46. The van der Waals surface area contributed by atoms with E-state index in [1.165, 1.54) is 25.7 Å². The second-order valence-electron chi connectivity index (χ2n) is 4.97. The van der Waals surface area contributed by atoms with Crippen LogP contribution in [0.3, 0.4) is 0 Å². The molecule has 1 unspecified atom stereocenters. The summed E-state index contributed by atoms with van der Waals surface area (Å²) >= 11 is 0. The molecular weight excluding hydrogens is 194 g/mol. The molecule has 1 atom stereocenters. The highest BCUT2D eigenvalue weighted by Gasteiger charge is 2.37. The van der Waals surface area contributed by atoms with Crippen LogP contribution in [0.2, 0.25) is 0 Å². The largest absolute Gasteiger partial charge is 0.312 e. The van der Waals surface area contributed by atoms with Gasteiger partial charge < -0.3 is 5.32 Å². The van der Waals surface area contributed by atoms with Crippen LogP contribution in [-0.2, 0) is 0 Å². The van der Waals surface area contributed by atoms with Gasteiger partial charge in [-0.15, -0.1) is 0 Å². The zero-order valence-corrected chi connectivity index (χ0v) is 9.71. The zero-order valence-electron chi connectivity index (χ0n) is 9.71. The molecule has 0 radical (unpaired) electrons. The third-order valence-corrected chi connectivity index (χ3v) is 4.09. The maximum absolute atomic E-state index is 3.53. The van der Waals surface area contributed by atoms with E-state index in [9.17, 15) is 0 Å². The molecule has 1 nitrogen and oxygen atoms in total. The number of hydrogen-bond donors (Lipinski definition) is 1. The highest BCUT2D eigenvalue weighted by Crippen LogP contribution is 2.46. The van der Waals surface area contributed by atoms with Crippen LogP contribution in [0, 0.1) is 5.41 Å². The smallest absolute Gasteiger partial charge is 0.0432 e. The molecule has 1 heteroatoms. The maximum Gasteiger partial charge on any atom is 0.0432 e. The first-order chi connectivity index (χ1) is 7.92. The highest BCUT2D eigenvalue weighted by atomic mass is 14.9. The lowest BCUT2D eigenvalue weighted by atomic mass is 9.71. The van der Waals surface area contributed by atoms with Crippen molar-refractivity contribution in [2.24, 2.45) is 5.41 Å². The Morgan fingerprint density at radius 2 is 1.88 bits per heavy atom. The Bertz CT molecular complexity index is 398. The van der Waals surface area contributed by atoms with Crippen LogP contribution in [-0.4, -0.2) is 13.1 Å². The Morgan fingerprint density at radius 1 is 1.00 bits per heavy atom. The molecule has 0 aromatic rings. The first-order valence-electron chi connectivity index (χ1n) is 6.38. The molecule has 0 bridgehead atoms. The van der Waals surface area contributed by atoms with Gasteiger partial charge in [0.05, 0.1) is 0 Å². The monoisotopic (exact) mass is 213 g/mol. The summed E-state index contributed by atoms with van der Waals surface area (Å²) in [7, 11) is 0. The lowest BCUT2D eigenvalue weighted by molar-refractivity contribution is 0.462. The van der Waals surface area contributed by atoms with Gasteiger partial charge in [0.25, 0.3) is 0 Å². The molecule has 1 N–H and O–H groups in total. The molecule has 1 saturated carbocycles. The molecule has 1 heterocycles. The van der Waals surface area contributed by atoms with E-state index in [-0.39, 0.29) is 5.41 Å². The van der Waals surface area contributed by atoms with Crippen molar-refractivity contribution in [3.05, 3.63) is 47.6 Å². The molecule has 2 aliphatic carbocycles. The lowest BCUT2D eigenvalue weighted by Gasteiger charge is -2.37. The highest BCUT2D eigenvalue weighted by molar-refractivity contribution is 5.43. The van der Waals surface area contributed by atoms with Crippen molar-refractivity contribution in [3.8, 4) is 0 Å².